The zero-order valence-electron chi connectivity index (χ0n) is 44.3. The zero-order chi connectivity index (χ0) is 49.3. The van der Waals surface area contributed by atoms with Gasteiger partial charge in [-0.15, -0.1) is 0 Å². The second kappa shape index (κ2) is 55.9. The maximum atomic E-state index is 12.8. The lowest BCUT2D eigenvalue weighted by molar-refractivity contribution is -0.167. The first kappa shape index (κ1) is 64.3. The van der Waals surface area contributed by atoms with Crippen LogP contribution in [0.5, 0.6) is 0 Å². The van der Waals surface area contributed by atoms with Crippen molar-refractivity contribution < 1.29 is 28.6 Å². The van der Waals surface area contributed by atoms with E-state index >= 15 is 0 Å². The third kappa shape index (κ3) is 53.3. The van der Waals surface area contributed by atoms with Crippen LogP contribution < -0.4 is 0 Å². The van der Waals surface area contributed by atoms with Crippen molar-refractivity contribution in [2.24, 2.45) is 0 Å². The lowest BCUT2D eigenvalue weighted by Gasteiger charge is -2.18. The van der Waals surface area contributed by atoms with Crippen molar-refractivity contribution in [3.63, 3.8) is 0 Å². The molecule has 0 aromatic carbocycles. The van der Waals surface area contributed by atoms with Crippen LogP contribution in [0.25, 0.3) is 0 Å². The van der Waals surface area contributed by atoms with Crippen molar-refractivity contribution in [2.75, 3.05) is 13.2 Å². The molecule has 0 radical (unpaired) electrons. The second-order valence-electron chi connectivity index (χ2n) is 18.4. The van der Waals surface area contributed by atoms with Crippen LogP contribution in [0.1, 0.15) is 258 Å². The molecule has 6 nitrogen and oxygen atoms in total. The van der Waals surface area contributed by atoms with Crippen LogP contribution in [0.15, 0.2) is 97.2 Å². The number of carbonyl (C=O) groups excluding carboxylic acids is 3. The molecular weight excluding hydrogens is 841 g/mol. The van der Waals surface area contributed by atoms with Crippen molar-refractivity contribution in [1.29, 1.82) is 0 Å². The minimum atomic E-state index is -0.804. The minimum Gasteiger partial charge on any atom is -0.462 e. The molecule has 1 unspecified atom stereocenters. The monoisotopic (exact) mass is 945 g/mol. The fourth-order valence-electron chi connectivity index (χ4n) is 7.62. The van der Waals surface area contributed by atoms with Crippen LogP contribution in [0.4, 0.5) is 0 Å². The van der Waals surface area contributed by atoms with E-state index in [9.17, 15) is 14.4 Å². The van der Waals surface area contributed by atoms with E-state index in [0.717, 1.165) is 128 Å². The molecule has 0 heterocycles. The summed E-state index contributed by atoms with van der Waals surface area (Å²) in [4.78, 5) is 38.1. The molecular formula is C62H104O6. The molecule has 0 aliphatic rings. The van der Waals surface area contributed by atoms with Gasteiger partial charge in [0.1, 0.15) is 13.2 Å². The fraction of sp³-hybridized carbons (Fsp3) is 0.694. The number of unbranched alkanes of at least 4 members (excludes halogenated alkanes) is 23. The number of hydrogen-bond acceptors (Lipinski definition) is 6. The Morgan fingerprint density at radius 3 is 0.926 bits per heavy atom. The van der Waals surface area contributed by atoms with Gasteiger partial charge in [-0.3, -0.25) is 14.4 Å². The van der Waals surface area contributed by atoms with E-state index in [0.29, 0.717) is 12.8 Å². The predicted molar refractivity (Wildman–Crippen MR) is 293 cm³/mol. The number of hydrogen-bond donors (Lipinski definition) is 0. The van der Waals surface area contributed by atoms with Crippen LogP contribution in [-0.2, 0) is 28.6 Å². The molecule has 0 aliphatic carbocycles. The first-order valence-corrected chi connectivity index (χ1v) is 28.2. The van der Waals surface area contributed by atoms with Crippen molar-refractivity contribution >= 4 is 17.9 Å². The molecule has 6 heteroatoms. The van der Waals surface area contributed by atoms with E-state index in [1.807, 2.05) is 0 Å². The first-order valence-electron chi connectivity index (χ1n) is 28.2. The summed E-state index contributed by atoms with van der Waals surface area (Å²) in [5.41, 5.74) is 0. The van der Waals surface area contributed by atoms with Gasteiger partial charge in [-0.05, 0) is 116 Å². The maximum absolute atomic E-state index is 12.8. The Bertz CT molecular complexity index is 1360. The summed E-state index contributed by atoms with van der Waals surface area (Å²) in [7, 11) is 0. The van der Waals surface area contributed by atoms with E-state index in [1.165, 1.54) is 89.9 Å². The third-order valence-electron chi connectivity index (χ3n) is 11.8. The summed E-state index contributed by atoms with van der Waals surface area (Å²) in [6.07, 6.45) is 73.9. The minimum absolute atomic E-state index is 0.0996. The van der Waals surface area contributed by atoms with Gasteiger partial charge in [0.25, 0.3) is 0 Å². The van der Waals surface area contributed by atoms with E-state index < -0.39 is 6.10 Å². The molecule has 388 valence electrons. The Hall–Kier alpha value is -3.67. The molecule has 0 amide bonds. The SMILES string of the molecule is CC/C=C\C/C=C\C/C=C\C/C=C\CCCCCC(=O)OC(COC(=O)CCCCCCC/C=C\CCCCCCCCCCC)COC(=O)CCCCCCCC/C=C\C/C=C\C/C=C\CC. The largest absolute Gasteiger partial charge is 0.462 e. The molecule has 0 N–H and O–H groups in total. The molecule has 0 aromatic heterocycles. The number of rotatable bonds is 50. The van der Waals surface area contributed by atoms with Crippen LogP contribution in [0.2, 0.25) is 0 Å². The highest BCUT2D eigenvalue weighted by atomic mass is 16.6. The molecule has 0 spiro atoms. The highest BCUT2D eigenvalue weighted by Gasteiger charge is 2.19. The fourth-order valence-corrected chi connectivity index (χ4v) is 7.62. The molecule has 0 bridgehead atoms. The summed E-state index contributed by atoms with van der Waals surface area (Å²) < 4.78 is 16.8. The molecule has 0 rings (SSSR count). The second-order valence-corrected chi connectivity index (χ2v) is 18.4. The van der Waals surface area contributed by atoms with Gasteiger partial charge in [-0.1, -0.05) is 221 Å². The molecule has 68 heavy (non-hydrogen) atoms. The molecule has 0 fully saturated rings. The average Bonchev–Trinajstić information content (AvgIpc) is 3.34. The van der Waals surface area contributed by atoms with E-state index in [2.05, 4.69) is 118 Å². The number of esters is 3. The predicted octanol–water partition coefficient (Wildman–Crippen LogP) is 18.9. The number of carbonyl (C=O) groups is 3. The van der Waals surface area contributed by atoms with Gasteiger partial charge in [-0.25, -0.2) is 0 Å². The Morgan fingerprint density at radius 2 is 0.574 bits per heavy atom. The van der Waals surface area contributed by atoms with Gasteiger partial charge in [0.05, 0.1) is 0 Å². The number of ether oxygens (including phenoxy) is 3. The van der Waals surface area contributed by atoms with Gasteiger partial charge in [0.15, 0.2) is 6.10 Å². The lowest BCUT2D eigenvalue weighted by Crippen LogP contribution is -2.30. The summed E-state index contributed by atoms with van der Waals surface area (Å²) in [5.74, 6) is -0.950. The summed E-state index contributed by atoms with van der Waals surface area (Å²) >= 11 is 0. The van der Waals surface area contributed by atoms with Crippen LogP contribution in [0.3, 0.4) is 0 Å². The molecule has 0 aliphatic heterocycles. The van der Waals surface area contributed by atoms with Gasteiger partial charge in [0.2, 0.25) is 0 Å². The van der Waals surface area contributed by atoms with Crippen LogP contribution >= 0.6 is 0 Å². The summed E-state index contributed by atoms with van der Waals surface area (Å²) in [6.45, 7) is 6.38. The van der Waals surface area contributed by atoms with Gasteiger partial charge < -0.3 is 14.2 Å². The Kier molecular flexibility index (Phi) is 52.9. The highest BCUT2D eigenvalue weighted by molar-refractivity contribution is 5.71. The highest BCUT2D eigenvalue weighted by Crippen LogP contribution is 2.14. The van der Waals surface area contributed by atoms with Crippen LogP contribution in [-0.4, -0.2) is 37.2 Å². The summed E-state index contributed by atoms with van der Waals surface area (Å²) in [5, 5.41) is 0. The first-order chi connectivity index (χ1) is 33.5. The van der Waals surface area contributed by atoms with E-state index in [1.54, 1.807) is 0 Å². The smallest absolute Gasteiger partial charge is 0.306 e. The average molecular weight is 946 g/mol. The molecule has 0 saturated carbocycles. The van der Waals surface area contributed by atoms with Crippen molar-refractivity contribution in [2.45, 2.75) is 264 Å². The summed E-state index contributed by atoms with van der Waals surface area (Å²) in [6, 6.07) is 0. The van der Waals surface area contributed by atoms with Gasteiger partial charge in [0, 0.05) is 19.3 Å². The standard InChI is InChI=1S/C62H104O6/c1-4-7-10-13-16-19-22-25-28-31-32-35-37-40-43-46-49-52-55-61(64)67-58-59(68-62(65)56-53-50-47-44-41-38-34-30-27-24-21-18-15-12-9-6-3)57-66-60(63)54-51-48-45-42-39-36-33-29-26-23-20-17-14-11-8-5-2/h8-9,11-12,17-18,20-21,26-27,29-30,32,35,38,41,59H,4-7,10,13-16,19,22-25,28,31,33-34,36-37,39-40,42-58H2,1-3H3/b11-8-,12-9-,20-17-,21-18-,29-26-,30-27-,35-32-,41-38-. The number of allylic oxidation sites excluding steroid dienone is 16. The Labute approximate surface area is 419 Å². The van der Waals surface area contributed by atoms with Gasteiger partial charge >= 0.3 is 17.9 Å². The Morgan fingerprint density at radius 1 is 0.309 bits per heavy atom. The van der Waals surface area contributed by atoms with E-state index in [4.69, 9.17) is 14.2 Å². The molecule has 0 saturated heterocycles. The molecule has 1 atom stereocenters. The van der Waals surface area contributed by atoms with Crippen LogP contribution in [0, 0.1) is 0 Å². The zero-order valence-corrected chi connectivity index (χ0v) is 44.3. The topological polar surface area (TPSA) is 78.9 Å². The lowest BCUT2D eigenvalue weighted by atomic mass is 10.1. The van der Waals surface area contributed by atoms with Gasteiger partial charge in [-0.2, -0.15) is 0 Å². The van der Waals surface area contributed by atoms with Crippen molar-refractivity contribution in [3.05, 3.63) is 97.2 Å². The quantitative estimate of drug-likeness (QED) is 0.0262. The van der Waals surface area contributed by atoms with Crippen molar-refractivity contribution in [1.82, 2.24) is 0 Å². The normalized spacial score (nSPS) is 12.8. The molecule has 0 aromatic rings. The van der Waals surface area contributed by atoms with Crippen molar-refractivity contribution in [3.8, 4) is 0 Å². The van der Waals surface area contributed by atoms with E-state index in [-0.39, 0.29) is 37.5 Å². The maximum Gasteiger partial charge on any atom is 0.306 e. The Balaban J connectivity index is 4.47. The third-order valence-corrected chi connectivity index (χ3v) is 11.8.